The Hall–Kier alpha value is -2.73. The third-order valence-electron chi connectivity index (χ3n) is 5.06. The molecule has 0 spiro atoms. The summed E-state index contributed by atoms with van der Waals surface area (Å²) in [6, 6.07) is 7.78. The van der Waals surface area contributed by atoms with E-state index < -0.39 is 0 Å². The van der Waals surface area contributed by atoms with Gasteiger partial charge in [-0.3, -0.25) is 4.79 Å². The first-order valence-electron chi connectivity index (χ1n) is 9.80. The van der Waals surface area contributed by atoms with Crippen molar-refractivity contribution in [3.8, 4) is 11.5 Å². The molecule has 152 valence electrons. The Morgan fingerprint density at radius 1 is 1.17 bits per heavy atom. The Labute approximate surface area is 174 Å². The predicted molar refractivity (Wildman–Crippen MR) is 113 cm³/mol. The van der Waals surface area contributed by atoms with E-state index in [1.165, 1.54) is 11.1 Å². The molecule has 1 aliphatic heterocycles. The Kier molecular flexibility index (Phi) is 5.62. The van der Waals surface area contributed by atoms with E-state index in [0.29, 0.717) is 42.7 Å². The maximum absolute atomic E-state index is 12.4. The lowest BCUT2D eigenvalue weighted by Crippen LogP contribution is -2.27. The van der Waals surface area contributed by atoms with Crippen LogP contribution in [-0.2, 0) is 17.6 Å². The van der Waals surface area contributed by atoms with Gasteiger partial charge in [0, 0.05) is 19.4 Å². The van der Waals surface area contributed by atoms with Crippen LogP contribution in [0.5, 0.6) is 11.5 Å². The summed E-state index contributed by atoms with van der Waals surface area (Å²) in [5.74, 6) is 1.96. The van der Waals surface area contributed by atoms with Crippen molar-refractivity contribution in [2.45, 2.75) is 33.1 Å². The van der Waals surface area contributed by atoms with Crippen molar-refractivity contribution in [1.29, 1.82) is 0 Å². The molecule has 2 aromatic carbocycles. The van der Waals surface area contributed by atoms with Crippen LogP contribution in [0.3, 0.4) is 0 Å². The van der Waals surface area contributed by atoms with Gasteiger partial charge in [-0.1, -0.05) is 11.6 Å². The summed E-state index contributed by atoms with van der Waals surface area (Å²) in [6.45, 7) is 5.83. The molecular weight excluding hydrogens is 390 g/mol. The number of aromatic nitrogens is 2. The van der Waals surface area contributed by atoms with Crippen molar-refractivity contribution in [3.05, 3.63) is 51.8 Å². The highest BCUT2D eigenvalue weighted by molar-refractivity contribution is 6.32. The summed E-state index contributed by atoms with van der Waals surface area (Å²) in [5.41, 5.74) is 5.23. The highest BCUT2D eigenvalue weighted by atomic mass is 35.5. The average Bonchev–Trinajstić information content (AvgIpc) is 2.89. The Balaban J connectivity index is 1.35. The molecule has 0 aliphatic carbocycles. The number of carbonyl (C=O) groups is 1. The van der Waals surface area contributed by atoms with Gasteiger partial charge in [0.15, 0.2) is 11.5 Å². The van der Waals surface area contributed by atoms with Gasteiger partial charge in [0.1, 0.15) is 5.82 Å². The first kappa shape index (κ1) is 19.6. The number of carbonyl (C=O) groups excluding carboxylic acids is 1. The van der Waals surface area contributed by atoms with Crippen LogP contribution in [0.1, 0.15) is 28.9 Å². The molecule has 0 fully saturated rings. The number of hydrogen-bond acceptors (Lipinski definition) is 4. The third-order valence-corrected chi connectivity index (χ3v) is 5.34. The number of benzene rings is 2. The number of rotatable bonds is 5. The maximum Gasteiger partial charge on any atom is 0.224 e. The fourth-order valence-corrected chi connectivity index (χ4v) is 3.68. The second-order valence-electron chi connectivity index (χ2n) is 7.37. The lowest BCUT2D eigenvalue weighted by atomic mass is 10.1. The summed E-state index contributed by atoms with van der Waals surface area (Å²) >= 11 is 6.30. The van der Waals surface area contributed by atoms with E-state index in [1.54, 1.807) is 6.07 Å². The SMILES string of the molecule is Cc1cc2nc(CCNC(=O)Cc3cc(Cl)c4c(c3)OCCCO4)[nH]c2cc1C. The number of fused-ring (bicyclic) bond motifs is 2. The maximum atomic E-state index is 12.4. The third kappa shape index (κ3) is 4.48. The van der Waals surface area contributed by atoms with Gasteiger partial charge in [0.25, 0.3) is 0 Å². The molecule has 2 N–H and O–H groups in total. The number of aromatic amines is 1. The fraction of sp³-hybridized carbons (Fsp3) is 0.364. The standard InChI is InChI=1S/C22H24ClN3O3/c1-13-8-17-18(9-14(13)2)26-20(25-17)4-5-24-21(27)12-15-10-16(23)22-19(11-15)28-6-3-7-29-22/h8-11H,3-7,12H2,1-2H3,(H,24,27)(H,25,26). The van der Waals surface area contributed by atoms with Gasteiger partial charge in [0.05, 0.1) is 35.7 Å². The van der Waals surface area contributed by atoms with E-state index in [-0.39, 0.29) is 12.3 Å². The summed E-state index contributed by atoms with van der Waals surface area (Å²) in [5, 5.41) is 3.42. The van der Waals surface area contributed by atoms with Crippen molar-refractivity contribution >= 4 is 28.5 Å². The fourth-order valence-electron chi connectivity index (χ4n) is 3.40. The van der Waals surface area contributed by atoms with Crippen molar-refractivity contribution in [2.24, 2.45) is 0 Å². The minimum Gasteiger partial charge on any atom is -0.489 e. The minimum atomic E-state index is -0.0710. The molecule has 0 saturated heterocycles. The molecule has 0 unspecified atom stereocenters. The van der Waals surface area contributed by atoms with Crippen LogP contribution in [0.15, 0.2) is 24.3 Å². The molecule has 0 bridgehead atoms. The van der Waals surface area contributed by atoms with Gasteiger partial charge in [-0.15, -0.1) is 0 Å². The first-order chi connectivity index (χ1) is 14.0. The number of ether oxygens (including phenoxy) is 2. The molecule has 4 rings (SSSR count). The van der Waals surface area contributed by atoms with E-state index in [4.69, 9.17) is 21.1 Å². The summed E-state index contributed by atoms with van der Waals surface area (Å²) < 4.78 is 11.3. The van der Waals surface area contributed by atoms with Crippen LogP contribution < -0.4 is 14.8 Å². The first-order valence-corrected chi connectivity index (χ1v) is 10.2. The van der Waals surface area contributed by atoms with E-state index in [9.17, 15) is 4.79 Å². The van der Waals surface area contributed by atoms with Gasteiger partial charge >= 0.3 is 0 Å². The molecule has 0 radical (unpaired) electrons. The van der Waals surface area contributed by atoms with Gasteiger partial charge in [0.2, 0.25) is 5.91 Å². The molecule has 2 heterocycles. The van der Waals surface area contributed by atoms with Crippen molar-refractivity contribution in [1.82, 2.24) is 15.3 Å². The zero-order chi connectivity index (χ0) is 20.4. The van der Waals surface area contributed by atoms with Crippen LogP contribution in [0.2, 0.25) is 5.02 Å². The topological polar surface area (TPSA) is 76.2 Å². The molecule has 1 amide bonds. The number of hydrogen-bond donors (Lipinski definition) is 2. The van der Waals surface area contributed by atoms with E-state index >= 15 is 0 Å². The highest BCUT2D eigenvalue weighted by Gasteiger charge is 2.17. The van der Waals surface area contributed by atoms with E-state index in [1.807, 2.05) is 6.07 Å². The van der Waals surface area contributed by atoms with Crippen LogP contribution in [0.25, 0.3) is 11.0 Å². The van der Waals surface area contributed by atoms with Crippen LogP contribution in [0, 0.1) is 13.8 Å². The molecule has 0 atom stereocenters. The molecular formula is C22H24ClN3O3. The van der Waals surface area contributed by atoms with Crippen molar-refractivity contribution in [2.75, 3.05) is 19.8 Å². The van der Waals surface area contributed by atoms with E-state index in [0.717, 1.165) is 28.8 Å². The summed E-state index contributed by atoms with van der Waals surface area (Å²) in [4.78, 5) is 20.3. The Morgan fingerprint density at radius 2 is 1.97 bits per heavy atom. The number of nitrogens with one attached hydrogen (secondary N) is 2. The Bertz CT molecular complexity index is 1020. The minimum absolute atomic E-state index is 0.0710. The normalized spacial score (nSPS) is 13.3. The van der Waals surface area contributed by atoms with Gasteiger partial charge in [-0.2, -0.15) is 0 Å². The molecule has 29 heavy (non-hydrogen) atoms. The predicted octanol–water partition coefficient (Wildman–Crippen LogP) is 3.90. The lowest BCUT2D eigenvalue weighted by Gasteiger charge is -2.11. The molecule has 0 saturated carbocycles. The van der Waals surface area contributed by atoms with Crippen molar-refractivity contribution in [3.63, 3.8) is 0 Å². The van der Waals surface area contributed by atoms with Crippen LogP contribution in [0.4, 0.5) is 0 Å². The monoisotopic (exact) mass is 413 g/mol. The van der Waals surface area contributed by atoms with Gasteiger partial charge in [-0.25, -0.2) is 4.98 Å². The average molecular weight is 414 g/mol. The molecule has 7 heteroatoms. The zero-order valence-corrected chi connectivity index (χ0v) is 17.4. The second kappa shape index (κ2) is 8.33. The number of imidazole rings is 1. The van der Waals surface area contributed by atoms with Crippen LogP contribution in [-0.4, -0.2) is 35.6 Å². The summed E-state index contributed by atoms with van der Waals surface area (Å²) in [7, 11) is 0. The van der Waals surface area contributed by atoms with Gasteiger partial charge in [-0.05, 0) is 54.8 Å². The lowest BCUT2D eigenvalue weighted by molar-refractivity contribution is -0.120. The van der Waals surface area contributed by atoms with Crippen LogP contribution >= 0.6 is 11.6 Å². The second-order valence-corrected chi connectivity index (χ2v) is 7.78. The summed E-state index contributed by atoms with van der Waals surface area (Å²) in [6.07, 6.45) is 1.68. The number of amides is 1. The van der Waals surface area contributed by atoms with E-state index in [2.05, 4.69) is 41.3 Å². The smallest absolute Gasteiger partial charge is 0.224 e. The quantitative estimate of drug-likeness (QED) is 0.665. The number of nitrogens with zero attached hydrogens (tertiary/aromatic N) is 1. The highest BCUT2D eigenvalue weighted by Crippen LogP contribution is 2.38. The molecule has 1 aliphatic rings. The molecule has 3 aromatic rings. The zero-order valence-electron chi connectivity index (χ0n) is 16.6. The Morgan fingerprint density at radius 3 is 2.83 bits per heavy atom. The largest absolute Gasteiger partial charge is 0.489 e. The molecule has 6 nitrogen and oxygen atoms in total. The number of H-pyrrole nitrogens is 1. The van der Waals surface area contributed by atoms with Crippen molar-refractivity contribution < 1.29 is 14.3 Å². The number of halogens is 1. The van der Waals surface area contributed by atoms with Gasteiger partial charge < -0.3 is 19.8 Å². The molecule has 1 aromatic heterocycles. The number of aryl methyl sites for hydroxylation is 2.